The molecule has 0 bridgehead atoms. The Morgan fingerprint density at radius 2 is 2.13 bits per heavy atom. The fourth-order valence-corrected chi connectivity index (χ4v) is 3.35. The molecule has 0 saturated heterocycles. The molecule has 122 valence electrons. The molecular weight excluding hydrogens is 352 g/mol. The molecule has 2 aromatic rings. The standard InChI is InChI=1S/C14H16N4O2S3/c1-18(2)23(19,20)13-5-3-4-12(8-13)16-14(21)17-15-9-11-6-7-22-10-11/h3-10H,1-2H3,(H2,16,17,21). The van der Waals surface area contributed by atoms with Crippen LogP contribution in [0.5, 0.6) is 0 Å². The van der Waals surface area contributed by atoms with Crippen molar-refractivity contribution in [2.24, 2.45) is 5.10 Å². The first-order valence-electron chi connectivity index (χ1n) is 6.54. The number of hydrogen-bond donors (Lipinski definition) is 2. The van der Waals surface area contributed by atoms with Crippen LogP contribution in [-0.4, -0.2) is 38.1 Å². The van der Waals surface area contributed by atoms with Crippen LogP contribution in [0.15, 0.2) is 51.1 Å². The third-order valence-corrected chi connectivity index (χ3v) is 5.50. The summed E-state index contributed by atoms with van der Waals surface area (Å²) in [5, 5.41) is 11.1. The quantitative estimate of drug-likeness (QED) is 0.481. The molecule has 2 rings (SSSR count). The Hall–Kier alpha value is -1.81. The van der Waals surface area contributed by atoms with Crippen molar-refractivity contribution >= 4 is 50.6 Å². The number of anilines is 1. The number of nitrogens with one attached hydrogen (secondary N) is 2. The first-order chi connectivity index (χ1) is 10.9. The molecule has 0 aliphatic rings. The first-order valence-corrected chi connectivity index (χ1v) is 9.33. The van der Waals surface area contributed by atoms with Crippen molar-refractivity contribution in [1.29, 1.82) is 0 Å². The highest BCUT2D eigenvalue weighted by Crippen LogP contribution is 2.17. The van der Waals surface area contributed by atoms with Crippen LogP contribution in [0.2, 0.25) is 0 Å². The van der Waals surface area contributed by atoms with E-state index in [9.17, 15) is 8.42 Å². The van der Waals surface area contributed by atoms with E-state index >= 15 is 0 Å². The minimum atomic E-state index is -3.48. The molecule has 0 spiro atoms. The molecule has 0 saturated carbocycles. The average Bonchev–Trinajstić information content (AvgIpc) is 3.00. The lowest BCUT2D eigenvalue weighted by Crippen LogP contribution is -2.25. The van der Waals surface area contributed by atoms with Crippen molar-refractivity contribution in [1.82, 2.24) is 9.73 Å². The molecule has 2 N–H and O–H groups in total. The van der Waals surface area contributed by atoms with E-state index in [1.165, 1.54) is 26.2 Å². The van der Waals surface area contributed by atoms with E-state index in [4.69, 9.17) is 12.2 Å². The van der Waals surface area contributed by atoms with E-state index in [2.05, 4.69) is 15.8 Å². The summed E-state index contributed by atoms with van der Waals surface area (Å²) in [4.78, 5) is 0.192. The number of thiophene rings is 1. The highest BCUT2D eigenvalue weighted by atomic mass is 32.2. The van der Waals surface area contributed by atoms with Crippen LogP contribution in [0.25, 0.3) is 0 Å². The second kappa shape index (κ2) is 7.64. The number of thiocarbonyl (C=S) groups is 1. The smallest absolute Gasteiger partial charge is 0.242 e. The van der Waals surface area contributed by atoms with Gasteiger partial charge in [0.25, 0.3) is 0 Å². The van der Waals surface area contributed by atoms with Gasteiger partial charge in [-0.15, -0.1) is 0 Å². The molecule has 0 aliphatic carbocycles. The Morgan fingerprint density at radius 3 is 2.78 bits per heavy atom. The van der Waals surface area contributed by atoms with E-state index < -0.39 is 10.0 Å². The Morgan fingerprint density at radius 1 is 1.35 bits per heavy atom. The zero-order valence-corrected chi connectivity index (χ0v) is 15.0. The molecular formula is C14H16N4O2S3. The van der Waals surface area contributed by atoms with Crippen molar-refractivity contribution in [2.45, 2.75) is 4.90 Å². The van der Waals surface area contributed by atoms with Gasteiger partial charge in [0.2, 0.25) is 10.0 Å². The van der Waals surface area contributed by atoms with Gasteiger partial charge in [-0.05, 0) is 47.2 Å². The van der Waals surface area contributed by atoms with Gasteiger partial charge in [0, 0.05) is 25.3 Å². The summed E-state index contributed by atoms with van der Waals surface area (Å²) < 4.78 is 25.4. The average molecular weight is 369 g/mol. The van der Waals surface area contributed by atoms with Crippen LogP contribution in [0, 0.1) is 0 Å². The Bertz CT molecular complexity index is 799. The number of nitrogens with zero attached hydrogens (tertiary/aromatic N) is 2. The van der Waals surface area contributed by atoms with Gasteiger partial charge >= 0.3 is 0 Å². The fraction of sp³-hybridized carbons (Fsp3) is 0.143. The van der Waals surface area contributed by atoms with Gasteiger partial charge in [-0.2, -0.15) is 16.4 Å². The van der Waals surface area contributed by atoms with Crippen LogP contribution in [0.4, 0.5) is 5.69 Å². The van der Waals surface area contributed by atoms with Crippen molar-refractivity contribution in [2.75, 3.05) is 19.4 Å². The number of hydrogen-bond acceptors (Lipinski definition) is 5. The van der Waals surface area contributed by atoms with Crippen LogP contribution in [0.1, 0.15) is 5.56 Å². The lowest BCUT2D eigenvalue weighted by Gasteiger charge is -2.13. The highest BCUT2D eigenvalue weighted by molar-refractivity contribution is 7.89. The van der Waals surface area contributed by atoms with Crippen molar-refractivity contribution in [3.8, 4) is 0 Å². The number of hydrazone groups is 1. The first kappa shape index (κ1) is 17.5. The molecule has 9 heteroatoms. The molecule has 0 fully saturated rings. The summed E-state index contributed by atoms with van der Waals surface area (Å²) in [6, 6.07) is 8.36. The van der Waals surface area contributed by atoms with E-state index in [1.807, 2.05) is 16.8 Å². The third kappa shape index (κ3) is 4.83. The van der Waals surface area contributed by atoms with E-state index in [0.29, 0.717) is 5.69 Å². The Balaban J connectivity index is 2.01. The summed E-state index contributed by atoms with van der Waals surface area (Å²) in [5.41, 5.74) is 4.23. The van der Waals surface area contributed by atoms with E-state index in [1.54, 1.807) is 29.7 Å². The molecule has 0 radical (unpaired) electrons. The summed E-state index contributed by atoms with van der Waals surface area (Å²) in [5.74, 6) is 0. The molecule has 1 aromatic carbocycles. The summed E-state index contributed by atoms with van der Waals surface area (Å²) in [7, 11) is -0.507. The Kier molecular flexibility index (Phi) is 5.83. The number of benzene rings is 1. The maximum atomic E-state index is 12.1. The predicted octanol–water partition coefficient (Wildman–Crippen LogP) is 2.32. The lowest BCUT2D eigenvalue weighted by molar-refractivity contribution is 0.521. The minimum absolute atomic E-state index is 0.192. The molecule has 1 heterocycles. The topological polar surface area (TPSA) is 73.8 Å². The summed E-state index contributed by atoms with van der Waals surface area (Å²) >= 11 is 6.70. The van der Waals surface area contributed by atoms with Crippen LogP contribution in [-0.2, 0) is 10.0 Å². The molecule has 23 heavy (non-hydrogen) atoms. The molecule has 6 nitrogen and oxygen atoms in total. The normalized spacial score (nSPS) is 11.8. The molecule has 1 aromatic heterocycles. The van der Waals surface area contributed by atoms with Gasteiger partial charge in [0.05, 0.1) is 11.1 Å². The van der Waals surface area contributed by atoms with Gasteiger partial charge < -0.3 is 5.32 Å². The largest absolute Gasteiger partial charge is 0.331 e. The monoisotopic (exact) mass is 368 g/mol. The second-order valence-corrected chi connectivity index (χ2v) is 8.04. The van der Waals surface area contributed by atoms with Crippen LogP contribution in [0.3, 0.4) is 0 Å². The maximum Gasteiger partial charge on any atom is 0.242 e. The molecule has 0 amide bonds. The fourth-order valence-electron chi connectivity index (χ4n) is 1.62. The lowest BCUT2D eigenvalue weighted by atomic mass is 10.3. The van der Waals surface area contributed by atoms with Gasteiger partial charge in [0.15, 0.2) is 5.11 Å². The van der Waals surface area contributed by atoms with E-state index in [-0.39, 0.29) is 10.0 Å². The summed E-state index contributed by atoms with van der Waals surface area (Å²) in [6.07, 6.45) is 1.65. The highest BCUT2D eigenvalue weighted by Gasteiger charge is 2.17. The Labute approximate surface area is 144 Å². The summed E-state index contributed by atoms with van der Waals surface area (Å²) in [6.45, 7) is 0. The van der Waals surface area contributed by atoms with Gasteiger partial charge in [-0.1, -0.05) is 6.07 Å². The minimum Gasteiger partial charge on any atom is -0.331 e. The maximum absolute atomic E-state index is 12.1. The second-order valence-electron chi connectivity index (χ2n) is 4.70. The van der Waals surface area contributed by atoms with Gasteiger partial charge in [0.1, 0.15) is 0 Å². The SMILES string of the molecule is CN(C)S(=O)(=O)c1cccc(NC(=S)NN=Cc2ccsc2)c1. The van der Waals surface area contributed by atoms with Crippen molar-refractivity contribution in [3.05, 3.63) is 46.7 Å². The molecule has 0 unspecified atom stereocenters. The van der Waals surface area contributed by atoms with Gasteiger partial charge in [-0.3, -0.25) is 5.43 Å². The molecule has 0 aliphatic heterocycles. The van der Waals surface area contributed by atoms with Crippen LogP contribution >= 0.6 is 23.6 Å². The third-order valence-electron chi connectivity index (χ3n) is 2.79. The van der Waals surface area contributed by atoms with Crippen LogP contribution < -0.4 is 10.7 Å². The van der Waals surface area contributed by atoms with Crippen molar-refractivity contribution in [3.63, 3.8) is 0 Å². The zero-order chi connectivity index (χ0) is 16.9. The van der Waals surface area contributed by atoms with E-state index in [0.717, 1.165) is 9.87 Å². The van der Waals surface area contributed by atoms with Gasteiger partial charge in [-0.25, -0.2) is 12.7 Å². The zero-order valence-electron chi connectivity index (χ0n) is 12.6. The number of rotatable bonds is 5. The number of sulfonamides is 1. The molecule has 0 atom stereocenters. The predicted molar refractivity (Wildman–Crippen MR) is 98.6 cm³/mol. The van der Waals surface area contributed by atoms with Crippen molar-refractivity contribution < 1.29 is 8.42 Å².